The Bertz CT molecular complexity index is 632. The van der Waals surface area contributed by atoms with Crippen molar-refractivity contribution in [3.8, 4) is 0 Å². The first-order valence-electron chi connectivity index (χ1n) is 7.17. The van der Waals surface area contributed by atoms with Crippen LogP contribution in [0.1, 0.15) is 46.9 Å². The molecule has 109 valence electrons. The molecule has 0 spiro atoms. The molecule has 1 aliphatic carbocycles. The number of aliphatic hydroxyl groups excluding tert-OH is 1. The summed E-state index contributed by atoms with van der Waals surface area (Å²) in [6, 6.07) is 9.36. The van der Waals surface area contributed by atoms with Crippen molar-refractivity contribution in [3.05, 3.63) is 53.7 Å². The molecule has 1 amide bonds. The highest BCUT2D eigenvalue weighted by Crippen LogP contribution is 2.39. The van der Waals surface area contributed by atoms with E-state index < -0.39 is 0 Å². The fourth-order valence-corrected chi connectivity index (χ4v) is 2.21. The molecule has 0 saturated heterocycles. The Morgan fingerprint density at radius 2 is 2.29 bits per heavy atom. The zero-order valence-corrected chi connectivity index (χ0v) is 11.7. The third kappa shape index (κ3) is 3.49. The summed E-state index contributed by atoms with van der Waals surface area (Å²) in [5.74, 6) is 0.341. The van der Waals surface area contributed by atoms with Crippen LogP contribution in [-0.2, 0) is 0 Å². The highest BCUT2D eigenvalue weighted by Gasteiger charge is 2.26. The van der Waals surface area contributed by atoms with E-state index in [0.717, 1.165) is 29.8 Å². The number of aliphatic hydroxyl groups is 1. The topological polar surface area (TPSA) is 78.0 Å². The van der Waals surface area contributed by atoms with Crippen molar-refractivity contribution in [1.29, 1.82) is 0 Å². The number of hydrogen-bond acceptors (Lipinski definition) is 3. The van der Waals surface area contributed by atoms with Crippen LogP contribution in [0.25, 0.3) is 0 Å². The molecule has 5 nitrogen and oxygen atoms in total. The molecule has 3 N–H and O–H groups in total. The summed E-state index contributed by atoms with van der Waals surface area (Å²) in [5.41, 5.74) is 3.17. The fraction of sp³-hybridized carbons (Fsp3) is 0.312. The van der Waals surface area contributed by atoms with Gasteiger partial charge in [0, 0.05) is 18.2 Å². The molecular weight excluding hydrogens is 266 g/mol. The lowest BCUT2D eigenvalue weighted by molar-refractivity contribution is 0.102. The molecule has 1 aromatic heterocycles. The number of benzene rings is 1. The van der Waals surface area contributed by atoms with Gasteiger partial charge in [0.1, 0.15) is 5.69 Å². The van der Waals surface area contributed by atoms with Crippen molar-refractivity contribution in [2.24, 2.45) is 0 Å². The van der Waals surface area contributed by atoms with Crippen LogP contribution in [0.15, 0.2) is 30.3 Å². The normalized spacial score (nSPS) is 14.1. The maximum atomic E-state index is 12.2. The zero-order valence-electron chi connectivity index (χ0n) is 11.7. The maximum Gasteiger partial charge on any atom is 0.273 e. The highest BCUT2D eigenvalue weighted by atomic mass is 16.2. The van der Waals surface area contributed by atoms with E-state index in [1.807, 2.05) is 36.8 Å². The van der Waals surface area contributed by atoms with Crippen molar-refractivity contribution in [2.75, 3.05) is 11.9 Å². The molecule has 0 unspecified atom stereocenters. The standard InChI is InChI=1S/C16H18N3O2/c20-8-2-4-11-3-1-5-13(9-11)17-16(21)15-10-14(18-19-15)12-6-7-12/h1,3-5,9-10,12,20H,2,6-8H2,(H,17,21)(H,18,19). The molecule has 1 saturated carbocycles. The van der Waals surface area contributed by atoms with Crippen molar-refractivity contribution < 1.29 is 9.90 Å². The molecule has 2 aromatic rings. The summed E-state index contributed by atoms with van der Waals surface area (Å²) in [6.07, 6.45) is 4.85. The minimum Gasteiger partial charge on any atom is -0.396 e. The lowest BCUT2D eigenvalue weighted by Crippen LogP contribution is -2.12. The number of carbonyl (C=O) groups excluding carboxylic acids is 1. The molecule has 1 aromatic carbocycles. The minimum atomic E-state index is -0.186. The van der Waals surface area contributed by atoms with Gasteiger partial charge in [-0.05, 0) is 49.4 Å². The number of nitrogens with zero attached hydrogens (tertiary/aromatic N) is 1. The third-order valence-electron chi connectivity index (χ3n) is 3.49. The number of H-pyrrole nitrogens is 1. The van der Waals surface area contributed by atoms with Crippen LogP contribution in [0.2, 0.25) is 0 Å². The van der Waals surface area contributed by atoms with Gasteiger partial charge in [-0.25, -0.2) is 0 Å². The smallest absolute Gasteiger partial charge is 0.273 e. The lowest BCUT2D eigenvalue weighted by Gasteiger charge is -2.06. The van der Waals surface area contributed by atoms with Gasteiger partial charge in [0.25, 0.3) is 5.91 Å². The summed E-state index contributed by atoms with van der Waals surface area (Å²) < 4.78 is 0. The van der Waals surface area contributed by atoms with Crippen molar-refractivity contribution in [3.63, 3.8) is 0 Å². The quantitative estimate of drug-likeness (QED) is 0.762. The Morgan fingerprint density at radius 1 is 1.43 bits per heavy atom. The second kappa shape index (κ2) is 6.10. The largest absolute Gasteiger partial charge is 0.396 e. The van der Waals surface area contributed by atoms with E-state index >= 15 is 0 Å². The van der Waals surface area contributed by atoms with Gasteiger partial charge in [0.15, 0.2) is 0 Å². The summed E-state index contributed by atoms with van der Waals surface area (Å²) in [6.45, 7) is 0.120. The van der Waals surface area contributed by atoms with Crippen molar-refractivity contribution >= 4 is 11.6 Å². The lowest BCUT2D eigenvalue weighted by atomic mass is 10.1. The predicted molar refractivity (Wildman–Crippen MR) is 80.1 cm³/mol. The minimum absolute atomic E-state index is 0.120. The van der Waals surface area contributed by atoms with Gasteiger partial charge in [0.05, 0.1) is 5.69 Å². The van der Waals surface area contributed by atoms with E-state index in [0.29, 0.717) is 18.0 Å². The van der Waals surface area contributed by atoms with E-state index in [2.05, 4.69) is 15.5 Å². The number of aromatic amines is 1. The molecule has 0 atom stereocenters. The number of amides is 1. The number of hydrogen-bond donors (Lipinski definition) is 3. The van der Waals surface area contributed by atoms with Crippen molar-refractivity contribution in [2.45, 2.75) is 25.2 Å². The number of rotatable bonds is 6. The Kier molecular flexibility index (Phi) is 4.01. The highest BCUT2D eigenvalue weighted by molar-refractivity contribution is 6.02. The first-order chi connectivity index (χ1) is 10.3. The molecule has 0 bridgehead atoms. The van der Waals surface area contributed by atoms with E-state index in [4.69, 9.17) is 5.11 Å². The van der Waals surface area contributed by atoms with Gasteiger partial charge >= 0.3 is 0 Å². The first kappa shape index (κ1) is 13.8. The third-order valence-corrected chi connectivity index (χ3v) is 3.49. The molecule has 3 rings (SSSR count). The number of anilines is 1. The second-order valence-electron chi connectivity index (χ2n) is 5.28. The van der Waals surface area contributed by atoms with Crippen LogP contribution in [-0.4, -0.2) is 27.8 Å². The van der Waals surface area contributed by atoms with E-state index in [1.54, 1.807) is 0 Å². The zero-order chi connectivity index (χ0) is 14.7. The molecule has 0 aliphatic heterocycles. The van der Waals surface area contributed by atoms with Crippen LogP contribution in [0.5, 0.6) is 0 Å². The first-order valence-corrected chi connectivity index (χ1v) is 7.17. The van der Waals surface area contributed by atoms with Gasteiger partial charge in [-0.15, -0.1) is 0 Å². The monoisotopic (exact) mass is 284 g/mol. The Morgan fingerprint density at radius 3 is 3.05 bits per heavy atom. The molecule has 1 fully saturated rings. The van der Waals surface area contributed by atoms with Gasteiger partial charge in [0.2, 0.25) is 0 Å². The number of nitrogens with one attached hydrogen (secondary N) is 2. The molecule has 5 heteroatoms. The van der Waals surface area contributed by atoms with E-state index in [9.17, 15) is 4.79 Å². The summed E-state index contributed by atoms with van der Waals surface area (Å²) in [7, 11) is 0. The van der Waals surface area contributed by atoms with Crippen LogP contribution < -0.4 is 5.32 Å². The van der Waals surface area contributed by atoms with E-state index in [1.165, 1.54) is 0 Å². The van der Waals surface area contributed by atoms with Gasteiger partial charge in [-0.1, -0.05) is 12.1 Å². The maximum absolute atomic E-state index is 12.2. The van der Waals surface area contributed by atoms with Gasteiger partial charge in [-0.2, -0.15) is 5.10 Å². The summed E-state index contributed by atoms with van der Waals surface area (Å²) in [4.78, 5) is 12.2. The van der Waals surface area contributed by atoms with E-state index in [-0.39, 0.29) is 12.5 Å². The van der Waals surface area contributed by atoms with Crippen LogP contribution in [0, 0.1) is 6.42 Å². The Hall–Kier alpha value is -2.14. The molecular formula is C16H18N3O2. The number of aromatic nitrogens is 2. The number of carbonyl (C=O) groups is 1. The summed E-state index contributed by atoms with van der Waals surface area (Å²) >= 11 is 0. The summed E-state index contributed by atoms with van der Waals surface area (Å²) in [5, 5.41) is 18.7. The van der Waals surface area contributed by atoms with Gasteiger partial charge < -0.3 is 10.4 Å². The van der Waals surface area contributed by atoms with Crippen LogP contribution in [0.3, 0.4) is 0 Å². The molecule has 1 radical (unpaired) electrons. The SMILES string of the molecule is O=C(Nc1cccc([CH]CCO)c1)c1cc(C2CC2)n[nH]1. The average Bonchev–Trinajstić information content (AvgIpc) is 3.22. The second-order valence-corrected chi connectivity index (χ2v) is 5.28. The molecule has 1 aliphatic rings. The van der Waals surface area contributed by atoms with Crippen LogP contribution >= 0.6 is 0 Å². The molecule has 21 heavy (non-hydrogen) atoms. The Labute approximate surface area is 123 Å². The predicted octanol–water partition coefficient (Wildman–Crippen LogP) is 2.47. The fourth-order valence-electron chi connectivity index (χ4n) is 2.21. The van der Waals surface area contributed by atoms with Crippen LogP contribution in [0.4, 0.5) is 5.69 Å². The Balaban J connectivity index is 1.65. The average molecular weight is 284 g/mol. The van der Waals surface area contributed by atoms with Gasteiger partial charge in [-0.3, -0.25) is 9.89 Å². The van der Waals surface area contributed by atoms with Crippen molar-refractivity contribution in [1.82, 2.24) is 10.2 Å². The molecule has 1 heterocycles.